The number of ether oxygens (including phenoxy) is 1. The number of likely N-dealkylation sites (tertiary alicyclic amines) is 1. The van der Waals surface area contributed by atoms with Crippen LogP contribution in [0.3, 0.4) is 0 Å². The second-order valence-corrected chi connectivity index (χ2v) is 8.53. The van der Waals surface area contributed by atoms with Crippen molar-refractivity contribution < 1.29 is 9.53 Å². The fraction of sp³-hybridized carbons (Fsp3) is 0.480. The van der Waals surface area contributed by atoms with E-state index >= 15 is 0 Å². The first-order valence-electron chi connectivity index (χ1n) is 10.9. The van der Waals surface area contributed by atoms with Crippen molar-refractivity contribution in [1.82, 2.24) is 9.80 Å². The number of nitrogens with zero attached hydrogens (tertiary/aromatic N) is 2. The van der Waals surface area contributed by atoms with Gasteiger partial charge in [0.2, 0.25) is 5.91 Å². The number of carbonyl (C=O) groups is 1. The Morgan fingerprint density at radius 2 is 1.90 bits per heavy atom. The van der Waals surface area contributed by atoms with Gasteiger partial charge in [0, 0.05) is 13.1 Å². The fourth-order valence-corrected chi connectivity index (χ4v) is 4.25. The van der Waals surface area contributed by atoms with Crippen LogP contribution in [0, 0.1) is 12.8 Å². The van der Waals surface area contributed by atoms with Crippen LogP contribution in [0.2, 0.25) is 0 Å². The van der Waals surface area contributed by atoms with Gasteiger partial charge >= 0.3 is 0 Å². The van der Waals surface area contributed by atoms with Gasteiger partial charge in [0.05, 0.1) is 18.8 Å². The third-order valence-corrected chi connectivity index (χ3v) is 6.05. The van der Waals surface area contributed by atoms with Gasteiger partial charge in [-0.1, -0.05) is 36.4 Å². The van der Waals surface area contributed by atoms with Crippen LogP contribution in [0.4, 0.5) is 5.69 Å². The first-order chi connectivity index (χ1) is 14.5. The van der Waals surface area contributed by atoms with E-state index < -0.39 is 0 Å². The molecule has 1 amide bonds. The Morgan fingerprint density at radius 3 is 2.57 bits per heavy atom. The van der Waals surface area contributed by atoms with Gasteiger partial charge in [0.25, 0.3) is 0 Å². The molecule has 1 aliphatic rings. The topological polar surface area (TPSA) is 44.8 Å². The van der Waals surface area contributed by atoms with Crippen LogP contribution in [-0.2, 0) is 11.3 Å². The van der Waals surface area contributed by atoms with Gasteiger partial charge in [-0.3, -0.25) is 9.69 Å². The summed E-state index contributed by atoms with van der Waals surface area (Å²) in [5.41, 5.74) is 3.19. The average molecular weight is 410 g/mol. The van der Waals surface area contributed by atoms with Gasteiger partial charge in [-0.05, 0) is 76.0 Å². The second-order valence-electron chi connectivity index (χ2n) is 8.53. The molecule has 2 aromatic carbocycles. The zero-order valence-corrected chi connectivity index (χ0v) is 18.7. The lowest BCUT2D eigenvalue weighted by molar-refractivity contribution is -0.121. The first-order valence-corrected chi connectivity index (χ1v) is 10.9. The summed E-state index contributed by atoms with van der Waals surface area (Å²) in [6.45, 7) is 8.02. The molecule has 1 fully saturated rings. The van der Waals surface area contributed by atoms with E-state index in [0.29, 0.717) is 11.7 Å². The number of benzene rings is 2. The monoisotopic (exact) mass is 409 g/mol. The summed E-state index contributed by atoms with van der Waals surface area (Å²) in [4.78, 5) is 17.5. The summed E-state index contributed by atoms with van der Waals surface area (Å²) < 4.78 is 5.39. The van der Waals surface area contributed by atoms with Crippen LogP contribution in [0.5, 0.6) is 5.75 Å². The number of hydrogen-bond acceptors (Lipinski definition) is 4. The number of piperidine rings is 1. The number of anilines is 1. The predicted octanol–water partition coefficient (Wildman–Crippen LogP) is 4.17. The maximum Gasteiger partial charge on any atom is 0.241 e. The SMILES string of the molecule is COc1ccc(C)cc1NC(=O)C(C)N1CCC(CN(C)Cc2ccccc2)CC1. The molecule has 0 saturated carbocycles. The van der Waals surface area contributed by atoms with Crippen LogP contribution in [0.15, 0.2) is 48.5 Å². The van der Waals surface area contributed by atoms with Gasteiger partial charge in [-0.25, -0.2) is 0 Å². The van der Waals surface area contributed by atoms with E-state index in [-0.39, 0.29) is 11.9 Å². The van der Waals surface area contributed by atoms with Crippen LogP contribution in [0.25, 0.3) is 0 Å². The maximum atomic E-state index is 12.8. The Labute approximate surface area is 181 Å². The highest BCUT2D eigenvalue weighted by Crippen LogP contribution is 2.26. The van der Waals surface area contributed by atoms with Crippen LogP contribution in [0.1, 0.15) is 30.9 Å². The Kier molecular flexibility index (Phi) is 7.88. The van der Waals surface area contributed by atoms with E-state index in [1.54, 1.807) is 7.11 Å². The van der Waals surface area contributed by atoms with Gasteiger partial charge in [0.1, 0.15) is 5.75 Å². The molecular weight excluding hydrogens is 374 g/mol. The van der Waals surface area contributed by atoms with Crippen molar-refractivity contribution in [2.24, 2.45) is 5.92 Å². The van der Waals surface area contributed by atoms with E-state index in [2.05, 4.69) is 52.5 Å². The highest BCUT2D eigenvalue weighted by atomic mass is 16.5. The van der Waals surface area contributed by atoms with Crippen LogP contribution >= 0.6 is 0 Å². The predicted molar refractivity (Wildman–Crippen MR) is 123 cm³/mol. The molecule has 1 unspecified atom stereocenters. The molecule has 0 aromatic heterocycles. The molecule has 2 aromatic rings. The molecule has 5 heteroatoms. The molecule has 5 nitrogen and oxygen atoms in total. The van der Waals surface area contributed by atoms with E-state index in [0.717, 1.165) is 50.3 Å². The summed E-state index contributed by atoms with van der Waals surface area (Å²) in [6, 6.07) is 16.3. The Bertz CT molecular complexity index is 816. The van der Waals surface area contributed by atoms with Gasteiger partial charge in [-0.2, -0.15) is 0 Å². The highest BCUT2D eigenvalue weighted by molar-refractivity contribution is 5.95. The van der Waals surface area contributed by atoms with Crippen molar-refractivity contribution in [2.45, 2.75) is 39.3 Å². The molecule has 162 valence electrons. The van der Waals surface area contributed by atoms with Crippen molar-refractivity contribution in [3.8, 4) is 5.75 Å². The van der Waals surface area contributed by atoms with Gasteiger partial charge < -0.3 is 15.0 Å². The zero-order valence-electron chi connectivity index (χ0n) is 18.7. The molecular formula is C25H35N3O2. The van der Waals surface area contributed by atoms with E-state index in [9.17, 15) is 4.79 Å². The summed E-state index contributed by atoms with van der Waals surface area (Å²) >= 11 is 0. The number of nitrogens with one attached hydrogen (secondary N) is 1. The van der Waals surface area contributed by atoms with Crippen LogP contribution in [-0.4, -0.2) is 55.5 Å². The number of hydrogen-bond donors (Lipinski definition) is 1. The molecule has 0 radical (unpaired) electrons. The minimum absolute atomic E-state index is 0.0264. The Morgan fingerprint density at radius 1 is 1.20 bits per heavy atom. The Hall–Kier alpha value is -2.37. The third-order valence-electron chi connectivity index (χ3n) is 6.05. The highest BCUT2D eigenvalue weighted by Gasteiger charge is 2.27. The van der Waals surface area contributed by atoms with E-state index in [4.69, 9.17) is 4.74 Å². The fourth-order valence-electron chi connectivity index (χ4n) is 4.25. The van der Waals surface area contributed by atoms with E-state index in [1.165, 1.54) is 5.56 Å². The lowest BCUT2D eigenvalue weighted by Crippen LogP contribution is -2.47. The summed E-state index contributed by atoms with van der Waals surface area (Å²) in [5, 5.41) is 3.06. The molecule has 0 aliphatic carbocycles. The minimum atomic E-state index is -0.154. The average Bonchev–Trinajstić information content (AvgIpc) is 2.74. The van der Waals surface area contributed by atoms with Crippen molar-refractivity contribution in [3.05, 3.63) is 59.7 Å². The summed E-state index contributed by atoms with van der Waals surface area (Å²) in [5.74, 6) is 1.40. The van der Waals surface area contributed by atoms with Crippen molar-refractivity contribution >= 4 is 11.6 Å². The number of amides is 1. The number of methoxy groups -OCH3 is 1. The third kappa shape index (κ3) is 6.07. The zero-order chi connectivity index (χ0) is 21.5. The molecule has 0 bridgehead atoms. The number of carbonyl (C=O) groups excluding carboxylic acids is 1. The Balaban J connectivity index is 1.47. The van der Waals surface area contributed by atoms with Crippen molar-refractivity contribution in [1.29, 1.82) is 0 Å². The first kappa shape index (κ1) is 22.3. The quantitative estimate of drug-likeness (QED) is 0.711. The van der Waals surface area contributed by atoms with Crippen molar-refractivity contribution in [3.63, 3.8) is 0 Å². The van der Waals surface area contributed by atoms with E-state index in [1.807, 2.05) is 32.0 Å². The molecule has 1 N–H and O–H groups in total. The summed E-state index contributed by atoms with van der Waals surface area (Å²) in [7, 11) is 3.83. The lowest BCUT2D eigenvalue weighted by atomic mass is 9.95. The molecule has 0 spiro atoms. The lowest BCUT2D eigenvalue weighted by Gasteiger charge is -2.36. The molecule has 1 heterocycles. The van der Waals surface area contributed by atoms with Crippen LogP contribution < -0.4 is 10.1 Å². The smallest absolute Gasteiger partial charge is 0.241 e. The van der Waals surface area contributed by atoms with Crippen molar-refractivity contribution in [2.75, 3.05) is 39.1 Å². The largest absolute Gasteiger partial charge is 0.495 e. The molecule has 1 atom stereocenters. The standard InChI is InChI=1S/C25H35N3O2/c1-19-10-11-24(30-4)23(16-19)26-25(29)20(2)28-14-12-22(13-15-28)18-27(3)17-21-8-6-5-7-9-21/h5-11,16,20,22H,12-15,17-18H2,1-4H3,(H,26,29). The molecule has 30 heavy (non-hydrogen) atoms. The number of aryl methyl sites for hydroxylation is 1. The normalized spacial score (nSPS) is 16.4. The molecule has 1 aliphatic heterocycles. The molecule has 1 saturated heterocycles. The number of rotatable bonds is 8. The second kappa shape index (κ2) is 10.6. The van der Waals surface area contributed by atoms with Gasteiger partial charge in [0.15, 0.2) is 0 Å². The summed E-state index contributed by atoms with van der Waals surface area (Å²) in [6.07, 6.45) is 2.26. The maximum absolute atomic E-state index is 12.8. The molecule has 3 rings (SSSR count). The van der Waals surface area contributed by atoms with Gasteiger partial charge in [-0.15, -0.1) is 0 Å². The minimum Gasteiger partial charge on any atom is -0.495 e.